The Hall–Kier alpha value is -11.7. The first-order valence-corrected chi connectivity index (χ1v) is 31.9. The fourth-order valence-electron chi connectivity index (χ4n) is 11.1. The Balaban J connectivity index is 0.906. The maximum Gasteiger partial charge on any atom is 0.340 e. The zero-order chi connectivity index (χ0) is 71.7. The summed E-state index contributed by atoms with van der Waals surface area (Å²) in [5, 5.41) is 77.8. The standard InChI is InChI=1S/C65H76N16O17S/c1-32(2)51(57(89)77-44(11-8-26-69-63(67)96)55(87)68-24-6-5-10-46(59(91)92)73-33(3)82)79-56(88)45(76-50(85)23-22-47(60(93)94)78-54(86)34-12-14-35(15-13-34)71-30-37-31-72-53-52(74-37)58(90)81-62(66)80-53)9-4-7-25-70-64(99)75-36-16-19-41-40(27-36)61(95)98-65(41)42-20-17-38(83)28-48(42)97-49-29-39(84)18-21-43(49)65/h12-21,27-29,31-32,44-47,51,71,83-84H,4-11,22-26,30H2,1-3H3,(H,68,87)(H,73,82)(H,76,85)(H,77,89)(H,78,86)(H,79,88)(H,91,92)(H,93,94)(H3,67,69,96)(H2,70,75,99)(H3,66,72,80,81,90)/t44-,45-,46-,47-,51-/m0/s1. The smallest absolute Gasteiger partial charge is 0.340 e. The van der Waals surface area contributed by atoms with E-state index in [-0.39, 0.29) is 115 Å². The second-order valence-electron chi connectivity index (χ2n) is 23.7. The highest BCUT2D eigenvalue weighted by Gasteiger charge is 2.54. The normalized spacial score (nSPS) is 13.8. The number of nitrogens with one attached hydrogen (secondary N) is 10. The van der Waals surface area contributed by atoms with Crippen LogP contribution in [0.25, 0.3) is 11.2 Å². The summed E-state index contributed by atoms with van der Waals surface area (Å²) in [5.74, 6) is -8.71. The number of unbranched alkanes of at least 4 members (excludes halogenated alkanes) is 2. The molecular weight excluding hydrogens is 1310 g/mol. The molecule has 0 aliphatic carbocycles. The molecule has 34 heteroatoms. The van der Waals surface area contributed by atoms with Crippen molar-refractivity contribution in [3.63, 3.8) is 0 Å². The highest BCUT2D eigenvalue weighted by molar-refractivity contribution is 7.80. The predicted octanol–water partition coefficient (Wildman–Crippen LogP) is 2.85. The summed E-state index contributed by atoms with van der Waals surface area (Å²) in [6.07, 6.45) is 1.85. The van der Waals surface area contributed by atoms with Crippen LogP contribution < -0.4 is 69.4 Å². The van der Waals surface area contributed by atoms with E-state index in [4.69, 9.17) is 33.2 Å². The number of carbonyl (C=O) groups is 10. The van der Waals surface area contributed by atoms with Crippen LogP contribution in [-0.2, 0) is 50.4 Å². The molecule has 0 saturated carbocycles. The van der Waals surface area contributed by atoms with Crippen LogP contribution in [0.3, 0.4) is 0 Å². The van der Waals surface area contributed by atoms with Crippen LogP contribution in [0.15, 0.2) is 85.1 Å². The first-order chi connectivity index (χ1) is 47.2. The highest BCUT2D eigenvalue weighted by Crippen LogP contribution is 2.57. The molecule has 2 aliphatic rings. The van der Waals surface area contributed by atoms with Gasteiger partial charge in [-0.3, -0.25) is 28.8 Å². The largest absolute Gasteiger partial charge is 0.508 e. The number of carbonyl (C=O) groups excluding carboxylic acids is 8. The number of thiocarbonyl (C=S) groups is 1. The number of anilines is 3. The van der Waals surface area contributed by atoms with E-state index in [1.807, 2.05) is 0 Å². The number of phenols is 2. The fourth-order valence-corrected chi connectivity index (χ4v) is 11.3. The quantitative estimate of drug-likeness (QED) is 0.0160. The number of aromatic hydroxyl groups is 3. The van der Waals surface area contributed by atoms with Gasteiger partial charge in [0.15, 0.2) is 21.9 Å². The number of hydrogen-bond donors (Lipinski definition) is 17. The van der Waals surface area contributed by atoms with E-state index < -0.39 is 120 Å². The molecule has 4 heterocycles. The van der Waals surface area contributed by atoms with Crippen molar-refractivity contribution in [3.05, 3.63) is 119 Å². The molecule has 33 nitrogen and oxygen atoms in total. The third kappa shape index (κ3) is 19.3. The summed E-state index contributed by atoms with van der Waals surface area (Å²) in [6, 6.07) is 12.3. The van der Waals surface area contributed by atoms with Crippen LogP contribution in [0.1, 0.15) is 128 Å². The highest BCUT2D eigenvalue weighted by atomic mass is 32.1. The molecule has 19 N–H and O–H groups in total. The van der Waals surface area contributed by atoms with E-state index in [9.17, 15) is 73.5 Å². The first kappa shape index (κ1) is 73.1. The van der Waals surface area contributed by atoms with E-state index in [0.717, 1.165) is 0 Å². The fraction of sp³-hybridized carbons (Fsp3) is 0.369. The van der Waals surface area contributed by atoms with E-state index in [1.165, 1.54) is 49.5 Å². The number of primary amides is 1. The Morgan fingerprint density at radius 1 is 0.626 bits per heavy atom. The van der Waals surface area contributed by atoms with Gasteiger partial charge in [-0.2, -0.15) is 9.97 Å². The van der Waals surface area contributed by atoms with Gasteiger partial charge in [-0.15, -0.1) is 0 Å². The van der Waals surface area contributed by atoms with Crippen LogP contribution in [0.4, 0.5) is 22.1 Å². The number of benzene rings is 4. The molecule has 1 spiro atoms. The number of carboxylic acids is 2. The Morgan fingerprint density at radius 3 is 1.86 bits per heavy atom. The van der Waals surface area contributed by atoms with Gasteiger partial charge in [0, 0.05) is 78.7 Å². The number of nitrogens with two attached hydrogens (primary N) is 2. The number of urea groups is 1. The number of nitrogen functional groups attached to an aromatic ring is 1. The Bertz CT molecular complexity index is 4020. The molecule has 4 aromatic carbocycles. The molecule has 0 radical (unpaired) electrons. The lowest BCUT2D eigenvalue weighted by Crippen LogP contribution is -2.58. The SMILES string of the molecule is CC(=O)N[C@@H](CCCCNC(=O)[C@H](CCCNC(N)=O)NC(=O)[C@@H](NC(=O)[C@H](CCCCNC(=S)Nc1ccc2c(c1)C(=O)OC21c2ccc(O)cc2Oc2cc(O)ccc21)NC(=O)CC[C@H](NC(=O)c1ccc(NCc2cnc3nc(N)nc(O)c3n2)cc1)C(=O)O)C(C)C)C(=O)O. The third-order valence-corrected chi connectivity index (χ3v) is 16.2. The lowest BCUT2D eigenvalue weighted by atomic mass is 9.77. The molecule has 8 amide bonds. The van der Waals surface area contributed by atoms with Gasteiger partial charge in [0.1, 0.15) is 53.2 Å². The minimum atomic E-state index is -1.58. The summed E-state index contributed by atoms with van der Waals surface area (Å²) < 4.78 is 12.2. The summed E-state index contributed by atoms with van der Waals surface area (Å²) in [7, 11) is 0. The molecule has 524 valence electrons. The van der Waals surface area contributed by atoms with Gasteiger partial charge in [0.25, 0.3) is 5.91 Å². The Labute approximate surface area is 570 Å². The van der Waals surface area contributed by atoms with Crippen molar-refractivity contribution in [2.45, 2.75) is 127 Å². The topological polar surface area (TPSA) is 514 Å². The zero-order valence-corrected chi connectivity index (χ0v) is 54.7. The molecule has 8 rings (SSSR count). The van der Waals surface area contributed by atoms with Gasteiger partial charge in [0.2, 0.25) is 41.4 Å². The molecule has 5 atom stereocenters. The number of carboxylic acid groups (broad SMARTS) is 2. The molecule has 0 fully saturated rings. The number of rotatable bonds is 33. The van der Waals surface area contributed by atoms with E-state index in [1.54, 1.807) is 56.3 Å². The van der Waals surface area contributed by atoms with Crippen molar-refractivity contribution in [1.29, 1.82) is 0 Å². The molecule has 2 aromatic heterocycles. The van der Waals surface area contributed by atoms with Gasteiger partial charge in [-0.25, -0.2) is 29.1 Å². The monoisotopic (exact) mass is 1380 g/mol. The maximum atomic E-state index is 14.4. The average molecular weight is 1390 g/mol. The van der Waals surface area contributed by atoms with Crippen molar-refractivity contribution >= 4 is 105 Å². The summed E-state index contributed by atoms with van der Waals surface area (Å²) in [4.78, 5) is 146. The summed E-state index contributed by atoms with van der Waals surface area (Å²) >= 11 is 5.63. The van der Waals surface area contributed by atoms with Crippen LogP contribution in [0.5, 0.6) is 28.9 Å². The van der Waals surface area contributed by atoms with Crippen molar-refractivity contribution in [2.24, 2.45) is 11.7 Å². The van der Waals surface area contributed by atoms with Gasteiger partial charge < -0.3 is 99.6 Å². The molecule has 2 aliphatic heterocycles. The minimum Gasteiger partial charge on any atom is -0.508 e. The van der Waals surface area contributed by atoms with Crippen LogP contribution in [-0.4, -0.2) is 160 Å². The van der Waals surface area contributed by atoms with E-state index in [0.29, 0.717) is 53.0 Å². The van der Waals surface area contributed by atoms with Crippen molar-refractivity contribution < 1.29 is 83.0 Å². The minimum absolute atomic E-state index is 0.0104. The number of aromatic nitrogens is 4. The number of nitrogens with zero attached hydrogens (tertiary/aromatic N) is 4. The second kappa shape index (κ2) is 33.3. The van der Waals surface area contributed by atoms with Crippen LogP contribution >= 0.6 is 12.2 Å². The molecular formula is C65H76N16O17S. The van der Waals surface area contributed by atoms with E-state index >= 15 is 0 Å². The van der Waals surface area contributed by atoms with Crippen molar-refractivity contribution in [2.75, 3.05) is 36.0 Å². The number of hydrogen-bond acceptors (Lipinski definition) is 22. The molecule has 0 saturated heterocycles. The Kier molecular flexibility index (Phi) is 24.6. The number of phenolic OH excluding ortho intramolecular Hbond substituents is 2. The number of fused-ring (bicyclic) bond motifs is 7. The average Bonchev–Trinajstić information content (AvgIpc) is 1.60. The lowest BCUT2D eigenvalue weighted by Gasteiger charge is -2.36. The summed E-state index contributed by atoms with van der Waals surface area (Å²) in [6.45, 7) is 4.89. The lowest BCUT2D eigenvalue weighted by molar-refractivity contribution is -0.142. The third-order valence-electron chi connectivity index (χ3n) is 16.0. The van der Waals surface area contributed by atoms with Crippen LogP contribution in [0, 0.1) is 5.92 Å². The van der Waals surface area contributed by atoms with E-state index in [2.05, 4.69) is 73.1 Å². The summed E-state index contributed by atoms with van der Waals surface area (Å²) in [5.41, 5.74) is 12.4. The number of amides is 8. The maximum absolute atomic E-state index is 14.4. The Morgan fingerprint density at radius 2 is 1.22 bits per heavy atom. The number of aliphatic carboxylic acids is 2. The first-order valence-electron chi connectivity index (χ1n) is 31.5. The number of esters is 1. The van der Waals surface area contributed by atoms with Crippen molar-refractivity contribution in [1.82, 2.24) is 62.5 Å². The van der Waals surface area contributed by atoms with Crippen LogP contribution in [0.2, 0.25) is 0 Å². The van der Waals surface area contributed by atoms with Gasteiger partial charge in [-0.05, 0) is 137 Å². The van der Waals surface area contributed by atoms with Crippen molar-refractivity contribution in [3.8, 4) is 28.9 Å². The molecule has 99 heavy (non-hydrogen) atoms. The molecule has 6 aromatic rings. The van der Waals surface area contributed by atoms with Gasteiger partial charge in [0.05, 0.1) is 24.0 Å². The van der Waals surface area contributed by atoms with Gasteiger partial charge in [-0.1, -0.05) is 19.9 Å². The zero-order valence-electron chi connectivity index (χ0n) is 53.9. The molecule has 0 bridgehead atoms. The van der Waals surface area contributed by atoms with Gasteiger partial charge >= 0.3 is 23.9 Å². The second-order valence-corrected chi connectivity index (χ2v) is 24.1. The molecule has 0 unspecified atom stereocenters. The number of ether oxygens (including phenoxy) is 2. The predicted molar refractivity (Wildman–Crippen MR) is 359 cm³/mol.